The van der Waals surface area contributed by atoms with E-state index in [0.717, 1.165) is 10.6 Å². The number of hydrogen-bond acceptors (Lipinski definition) is 6. The Bertz CT molecular complexity index is 977. The molecule has 3 aliphatic rings. The SMILES string of the molecule is O=c1cc(N2C[C@@H]3C[C@H]2CO3)nc2n1CCC(C(F)(F)F)N2CCC(O)(C(F)(F)F)C(F)(F)F. The van der Waals surface area contributed by atoms with E-state index in [4.69, 9.17) is 4.74 Å². The van der Waals surface area contributed by atoms with Crippen molar-refractivity contribution in [3.63, 3.8) is 0 Å². The molecule has 2 saturated heterocycles. The predicted octanol–water partition coefficient (Wildman–Crippen LogP) is 2.61. The maximum atomic E-state index is 13.7. The third-order valence-corrected chi connectivity index (χ3v) is 6.46. The molecule has 0 aromatic carbocycles. The van der Waals surface area contributed by atoms with Crippen LogP contribution in [-0.2, 0) is 11.3 Å². The lowest BCUT2D eigenvalue weighted by Crippen LogP contribution is -2.60. The fourth-order valence-corrected chi connectivity index (χ4v) is 4.61. The molecule has 1 N–H and O–H groups in total. The molecular formula is C18H19F9N4O3. The minimum atomic E-state index is -6.20. The van der Waals surface area contributed by atoms with Crippen LogP contribution in [0.5, 0.6) is 0 Å². The van der Waals surface area contributed by atoms with Gasteiger partial charge in [-0.25, -0.2) is 0 Å². The van der Waals surface area contributed by atoms with Gasteiger partial charge in [0.1, 0.15) is 11.9 Å². The number of halogens is 9. The van der Waals surface area contributed by atoms with Crippen LogP contribution in [0.1, 0.15) is 19.3 Å². The van der Waals surface area contributed by atoms with Crippen LogP contribution in [0.2, 0.25) is 0 Å². The summed E-state index contributed by atoms with van der Waals surface area (Å²) in [5.41, 5.74) is -6.04. The second kappa shape index (κ2) is 7.90. The molecule has 1 aromatic rings. The highest BCUT2D eigenvalue weighted by molar-refractivity contribution is 5.49. The number of aliphatic hydroxyl groups is 1. The normalized spacial score (nSPS) is 25.8. The zero-order valence-electron chi connectivity index (χ0n) is 17.2. The van der Waals surface area contributed by atoms with Gasteiger partial charge in [0.05, 0.1) is 18.8 Å². The van der Waals surface area contributed by atoms with E-state index >= 15 is 0 Å². The van der Waals surface area contributed by atoms with Crippen LogP contribution in [0.4, 0.5) is 51.3 Å². The number of hydrogen-bond donors (Lipinski definition) is 1. The van der Waals surface area contributed by atoms with Gasteiger partial charge in [0.25, 0.3) is 11.2 Å². The topological polar surface area (TPSA) is 70.8 Å². The van der Waals surface area contributed by atoms with Crippen LogP contribution in [0.25, 0.3) is 0 Å². The highest BCUT2D eigenvalue weighted by atomic mass is 19.4. The average Bonchev–Trinajstić information content (AvgIpc) is 3.32. The zero-order valence-corrected chi connectivity index (χ0v) is 17.2. The Hall–Kier alpha value is -2.23. The van der Waals surface area contributed by atoms with Gasteiger partial charge in [-0.2, -0.15) is 44.5 Å². The largest absolute Gasteiger partial charge is 0.426 e. The third kappa shape index (κ3) is 4.07. The van der Waals surface area contributed by atoms with Crippen LogP contribution in [0, 0.1) is 0 Å². The molecule has 1 aromatic heterocycles. The number of aromatic nitrogens is 2. The monoisotopic (exact) mass is 510 g/mol. The van der Waals surface area contributed by atoms with E-state index in [0.29, 0.717) is 6.42 Å². The Labute approximate surface area is 185 Å². The Morgan fingerprint density at radius 1 is 1.09 bits per heavy atom. The number of nitrogens with zero attached hydrogens (tertiary/aromatic N) is 4. The molecule has 0 aliphatic carbocycles. The molecule has 0 spiro atoms. The van der Waals surface area contributed by atoms with Gasteiger partial charge >= 0.3 is 18.5 Å². The van der Waals surface area contributed by atoms with Crippen molar-refractivity contribution in [1.82, 2.24) is 9.55 Å². The number of alkyl halides is 9. The van der Waals surface area contributed by atoms with Crippen molar-refractivity contribution in [3.8, 4) is 0 Å². The van der Waals surface area contributed by atoms with Crippen molar-refractivity contribution in [2.24, 2.45) is 0 Å². The van der Waals surface area contributed by atoms with Crippen LogP contribution >= 0.6 is 0 Å². The molecule has 0 saturated carbocycles. The molecule has 3 atom stereocenters. The van der Waals surface area contributed by atoms with Gasteiger partial charge in [-0.3, -0.25) is 9.36 Å². The van der Waals surface area contributed by atoms with E-state index in [-0.39, 0.29) is 36.0 Å². The minimum Gasteiger partial charge on any atom is -0.374 e. The quantitative estimate of drug-likeness (QED) is 0.629. The Balaban J connectivity index is 1.73. The lowest BCUT2D eigenvalue weighted by molar-refractivity contribution is -0.369. The molecule has 2 bridgehead atoms. The first-order valence-corrected chi connectivity index (χ1v) is 10.2. The first kappa shape index (κ1) is 24.9. The fraction of sp³-hybridized carbons (Fsp3) is 0.778. The third-order valence-electron chi connectivity index (χ3n) is 6.46. The number of anilines is 2. The van der Waals surface area contributed by atoms with Gasteiger partial charge in [0.2, 0.25) is 5.95 Å². The number of fused-ring (bicyclic) bond motifs is 3. The second-order valence-corrected chi connectivity index (χ2v) is 8.55. The summed E-state index contributed by atoms with van der Waals surface area (Å²) < 4.78 is 126. The Morgan fingerprint density at radius 2 is 1.74 bits per heavy atom. The maximum Gasteiger partial charge on any atom is 0.426 e. The van der Waals surface area contributed by atoms with E-state index < -0.39 is 67.6 Å². The highest BCUT2D eigenvalue weighted by Gasteiger charge is 2.70. The van der Waals surface area contributed by atoms with Crippen molar-refractivity contribution in [3.05, 3.63) is 16.4 Å². The zero-order chi connectivity index (χ0) is 25.3. The highest BCUT2D eigenvalue weighted by Crippen LogP contribution is 2.46. The summed E-state index contributed by atoms with van der Waals surface area (Å²) in [5, 5.41) is 9.44. The van der Waals surface area contributed by atoms with Crippen LogP contribution < -0.4 is 15.4 Å². The van der Waals surface area contributed by atoms with Crippen molar-refractivity contribution in [2.75, 3.05) is 29.5 Å². The molecule has 0 radical (unpaired) electrons. The summed E-state index contributed by atoms with van der Waals surface area (Å²) in [5.74, 6) is -0.742. The summed E-state index contributed by atoms with van der Waals surface area (Å²) in [4.78, 5) is 18.5. The summed E-state index contributed by atoms with van der Waals surface area (Å²) in [6.45, 7) is -1.43. The van der Waals surface area contributed by atoms with Gasteiger partial charge < -0.3 is 19.6 Å². The standard InChI is InChI=1S/C18H19F9N4O3/c19-16(20,21)11-1-3-30-13(32)6-12(31-7-10-5-9(31)8-34-10)28-14(30)29(11)4-2-15(33,17(22,23)24)18(25,26)27/h6,9-11,33H,1-5,7-8H2/t9-,10-,11?/m0/s1. The minimum absolute atomic E-state index is 0.0400. The van der Waals surface area contributed by atoms with Gasteiger partial charge in [0, 0.05) is 32.1 Å². The fourth-order valence-electron chi connectivity index (χ4n) is 4.61. The molecule has 0 amide bonds. The van der Waals surface area contributed by atoms with E-state index in [1.165, 1.54) is 0 Å². The molecule has 4 rings (SSSR count). The Morgan fingerprint density at radius 3 is 2.24 bits per heavy atom. The molecule has 7 nitrogen and oxygen atoms in total. The summed E-state index contributed by atoms with van der Waals surface area (Å²) in [7, 11) is 0. The summed E-state index contributed by atoms with van der Waals surface area (Å²) in [6.07, 6.45) is -20.0. The maximum absolute atomic E-state index is 13.7. The Kier molecular flexibility index (Phi) is 5.78. The van der Waals surface area contributed by atoms with Gasteiger partial charge in [-0.1, -0.05) is 0 Å². The smallest absolute Gasteiger partial charge is 0.374 e. The summed E-state index contributed by atoms with van der Waals surface area (Å²) >= 11 is 0. The van der Waals surface area contributed by atoms with Crippen molar-refractivity contribution >= 4 is 11.8 Å². The van der Waals surface area contributed by atoms with Crippen molar-refractivity contribution < 1.29 is 49.4 Å². The van der Waals surface area contributed by atoms with Gasteiger partial charge in [-0.15, -0.1) is 0 Å². The number of ether oxygens (including phenoxy) is 1. The molecule has 34 heavy (non-hydrogen) atoms. The predicted molar refractivity (Wildman–Crippen MR) is 97.5 cm³/mol. The first-order chi connectivity index (χ1) is 15.5. The number of morpholine rings is 1. The molecule has 4 heterocycles. The second-order valence-electron chi connectivity index (χ2n) is 8.55. The lowest BCUT2D eigenvalue weighted by Gasteiger charge is -2.41. The average molecular weight is 510 g/mol. The van der Waals surface area contributed by atoms with E-state index in [1.54, 1.807) is 4.90 Å². The van der Waals surface area contributed by atoms with Crippen LogP contribution in [0.15, 0.2) is 10.9 Å². The van der Waals surface area contributed by atoms with Crippen molar-refractivity contribution in [2.45, 2.75) is 68.1 Å². The number of rotatable bonds is 4. The van der Waals surface area contributed by atoms with E-state index in [9.17, 15) is 49.4 Å². The van der Waals surface area contributed by atoms with Gasteiger partial charge in [0.15, 0.2) is 0 Å². The summed E-state index contributed by atoms with van der Waals surface area (Å²) in [6, 6.07) is -1.65. The lowest BCUT2D eigenvalue weighted by atomic mass is 9.97. The van der Waals surface area contributed by atoms with Crippen molar-refractivity contribution in [1.29, 1.82) is 0 Å². The molecule has 2 fully saturated rings. The first-order valence-electron chi connectivity index (χ1n) is 10.2. The molecule has 3 aliphatic heterocycles. The van der Waals surface area contributed by atoms with Crippen LogP contribution in [-0.4, -0.2) is 76.7 Å². The molecular weight excluding hydrogens is 491 g/mol. The molecule has 192 valence electrons. The van der Waals surface area contributed by atoms with E-state index in [1.807, 2.05) is 0 Å². The molecule has 1 unspecified atom stereocenters. The van der Waals surface area contributed by atoms with Crippen LogP contribution in [0.3, 0.4) is 0 Å². The molecule has 16 heteroatoms. The van der Waals surface area contributed by atoms with Gasteiger partial charge in [-0.05, 0) is 12.8 Å². The van der Waals surface area contributed by atoms with E-state index in [2.05, 4.69) is 4.98 Å².